The van der Waals surface area contributed by atoms with Crippen LogP contribution in [0.1, 0.15) is 19.3 Å². The first-order valence-electron chi connectivity index (χ1n) is 5.14. The van der Waals surface area contributed by atoms with Crippen molar-refractivity contribution in [3.05, 3.63) is 23.8 Å². The molecule has 3 nitrogen and oxygen atoms in total. The number of carbonyl (C=O) groups excluding carboxylic acids is 1. The Bertz CT molecular complexity index is 360. The monoisotopic (exact) mass is 222 g/mol. The molecule has 3 N–H and O–H groups in total. The summed E-state index contributed by atoms with van der Waals surface area (Å²) in [5, 5.41) is 3.37. The Labute approximate surface area is 94.4 Å². The first-order chi connectivity index (χ1) is 7.18. The maximum absolute atomic E-state index is 11.7. The van der Waals surface area contributed by atoms with Crippen LogP contribution in [-0.2, 0) is 4.79 Å². The number of Topliss-reactive ketones (excluding diaryl/α,β-unsaturated/α-hetero) is 1. The number of hydrogen-bond acceptors (Lipinski definition) is 2. The number of fused-ring (bicyclic) bond motifs is 1. The Morgan fingerprint density at radius 2 is 2.40 bits per heavy atom. The van der Waals surface area contributed by atoms with Crippen LogP contribution in [0, 0.1) is 5.92 Å². The molecule has 80 valence electrons. The van der Waals surface area contributed by atoms with Gasteiger partial charge in [-0.1, -0.05) is 18.2 Å². The molecule has 0 bridgehead atoms. The van der Waals surface area contributed by atoms with E-state index in [4.69, 9.17) is 18.0 Å². The van der Waals surface area contributed by atoms with Gasteiger partial charge in [0.15, 0.2) is 5.11 Å². The third-order valence-corrected chi connectivity index (χ3v) is 3.10. The molecule has 1 fully saturated rings. The Morgan fingerprint density at radius 3 is 3.13 bits per heavy atom. The van der Waals surface area contributed by atoms with Crippen molar-refractivity contribution in [2.75, 3.05) is 0 Å². The SMILES string of the molecule is NC(=S)NC1CCC(=O)C2CC=CC=C12. The van der Waals surface area contributed by atoms with Crippen LogP contribution in [0.4, 0.5) is 0 Å². The molecule has 1 saturated carbocycles. The van der Waals surface area contributed by atoms with E-state index in [2.05, 4.69) is 5.32 Å². The minimum absolute atomic E-state index is 0.0515. The smallest absolute Gasteiger partial charge is 0.164 e. The number of hydrogen-bond donors (Lipinski definition) is 2. The average molecular weight is 222 g/mol. The molecule has 2 aliphatic rings. The number of ketones is 1. The lowest BCUT2D eigenvalue weighted by molar-refractivity contribution is -0.123. The minimum Gasteiger partial charge on any atom is -0.376 e. The molecule has 0 aromatic rings. The summed E-state index contributed by atoms with van der Waals surface area (Å²) >= 11 is 4.84. The Balaban J connectivity index is 2.20. The first kappa shape index (κ1) is 10.4. The molecule has 0 aromatic heterocycles. The van der Waals surface area contributed by atoms with Gasteiger partial charge >= 0.3 is 0 Å². The predicted molar refractivity (Wildman–Crippen MR) is 63.3 cm³/mol. The van der Waals surface area contributed by atoms with Gasteiger partial charge < -0.3 is 11.1 Å². The molecule has 2 aliphatic carbocycles. The van der Waals surface area contributed by atoms with Crippen molar-refractivity contribution >= 4 is 23.1 Å². The maximum atomic E-state index is 11.7. The fraction of sp³-hybridized carbons (Fsp3) is 0.455. The highest BCUT2D eigenvalue weighted by Gasteiger charge is 2.33. The molecule has 2 atom stereocenters. The van der Waals surface area contributed by atoms with Crippen LogP contribution in [0.2, 0.25) is 0 Å². The second-order valence-electron chi connectivity index (χ2n) is 3.95. The molecule has 0 heterocycles. The summed E-state index contributed by atoms with van der Waals surface area (Å²) in [6.45, 7) is 0. The summed E-state index contributed by atoms with van der Waals surface area (Å²) < 4.78 is 0. The molecule has 0 saturated heterocycles. The van der Waals surface area contributed by atoms with Crippen molar-refractivity contribution in [2.45, 2.75) is 25.3 Å². The minimum atomic E-state index is 0.0515. The average Bonchev–Trinajstić information content (AvgIpc) is 2.22. The van der Waals surface area contributed by atoms with Gasteiger partial charge in [0.25, 0.3) is 0 Å². The van der Waals surface area contributed by atoms with Gasteiger partial charge in [-0.3, -0.25) is 4.79 Å². The van der Waals surface area contributed by atoms with Gasteiger partial charge in [0.1, 0.15) is 5.78 Å². The van der Waals surface area contributed by atoms with Crippen molar-refractivity contribution in [1.82, 2.24) is 5.32 Å². The van der Waals surface area contributed by atoms with E-state index in [1.807, 2.05) is 18.2 Å². The van der Waals surface area contributed by atoms with Gasteiger partial charge in [-0.2, -0.15) is 0 Å². The summed E-state index contributed by atoms with van der Waals surface area (Å²) in [5.74, 6) is 0.391. The summed E-state index contributed by atoms with van der Waals surface area (Å²) in [4.78, 5) is 11.7. The van der Waals surface area contributed by atoms with E-state index >= 15 is 0 Å². The van der Waals surface area contributed by atoms with Crippen LogP contribution in [0.15, 0.2) is 23.8 Å². The van der Waals surface area contributed by atoms with Crippen LogP contribution in [-0.4, -0.2) is 16.9 Å². The zero-order valence-electron chi connectivity index (χ0n) is 8.40. The number of allylic oxidation sites excluding steroid dienone is 3. The maximum Gasteiger partial charge on any atom is 0.164 e. The molecule has 4 heteroatoms. The van der Waals surface area contributed by atoms with Gasteiger partial charge in [0.05, 0.1) is 6.04 Å². The van der Waals surface area contributed by atoms with E-state index in [9.17, 15) is 4.79 Å². The first-order valence-corrected chi connectivity index (χ1v) is 5.54. The fourth-order valence-corrected chi connectivity index (χ4v) is 2.42. The van der Waals surface area contributed by atoms with E-state index in [-0.39, 0.29) is 12.0 Å². The number of thiocarbonyl (C=S) groups is 1. The highest BCUT2D eigenvalue weighted by Crippen LogP contribution is 2.32. The Kier molecular flexibility index (Phi) is 2.86. The molecule has 0 aromatic carbocycles. The standard InChI is InChI=1S/C11H14N2OS/c12-11(15)13-9-5-6-10(14)8-4-2-1-3-7(8)9/h1-3,8-9H,4-6H2,(H3,12,13,15). The van der Waals surface area contributed by atoms with E-state index in [1.165, 1.54) is 0 Å². The summed E-state index contributed by atoms with van der Waals surface area (Å²) in [7, 11) is 0. The lowest BCUT2D eigenvalue weighted by Crippen LogP contribution is -2.45. The van der Waals surface area contributed by atoms with Gasteiger partial charge in [-0.05, 0) is 30.6 Å². The van der Waals surface area contributed by atoms with Crippen LogP contribution in [0.3, 0.4) is 0 Å². The van der Waals surface area contributed by atoms with Crippen LogP contribution in [0.25, 0.3) is 0 Å². The number of nitrogens with one attached hydrogen (secondary N) is 1. The van der Waals surface area contributed by atoms with Crippen molar-refractivity contribution in [2.24, 2.45) is 11.7 Å². The van der Waals surface area contributed by atoms with Crippen molar-refractivity contribution in [3.63, 3.8) is 0 Å². The number of nitrogens with two attached hydrogens (primary N) is 1. The normalized spacial score (nSPS) is 29.3. The fourth-order valence-electron chi connectivity index (χ4n) is 2.28. The van der Waals surface area contributed by atoms with Gasteiger partial charge in [0.2, 0.25) is 0 Å². The van der Waals surface area contributed by atoms with E-state index in [1.54, 1.807) is 0 Å². The zero-order valence-corrected chi connectivity index (χ0v) is 9.22. The highest BCUT2D eigenvalue weighted by atomic mass is 32.1. The quantitative estimate of drug-likeness (QED) is 0.651. The molecule has 15 heavy (non-hydrogen) atoms. The van der Waals surface area contributed by atoms with Crippen LogP contribution >= 0.6 is 12.2 Å². The summed E-state index contributed by atoms with van der Waals surface area (Å²) in [5.41, 5.74) is 6.61. The van der Waals surface area contributed by atoms with E-state index in [0.29, 0.717) is 17.3 Å². The Morgan fingerprint density at radius 1 is 1.60 bits per heavy atom. The molecule has 2 rings (SSSR count). The van der Waals surface area contributed by atoms with Crippen LogP contribution < -0.4 is 11.1 Å². The van der Waals surface area contributed by atoms with E-state index < -0.39 is 0 Å². The molecule has 0 radical (unpaired) electrons. The predicted octanol–water partition coefficient (Wildman–Crippen LogP) is 1.05. The Hall–Kier alpha value is -1.16. The van der Waals surface area contributed by atoms with Crippen LogP contribution in [0.5, 0.6) is 0 Å². The number of carbonyl (C=O) groups is 1. The van der Waals surface area contributed by atoms with E-state index in [0.717, 1.165) is 18.4 Å². The molecular weight excluding hydrogens is 208 g/mol. The molecular formula is C11H14N2OS. The third kappa shape index (κ3) is 2.09. The molecule has 2 unspecified atom stereocenters. The van der Waals surface area contributed by atoms with Gasteiger partial charge in [-0.15, -0.1) is 0 Å². The van der Waals surface area contributed by atoms with Crippen molar-refractivity contribution < 1.29 is 4.79 Å². The summed E-state index contributed by atoms with van der Waals surface area (Å²) in [6.07, 6.45) is 8.29. The molecule has 0 aliphatic heterocycles. The van der Waals surface area contributed by atoms with Gasteiger partial charge in [0, 0.05) is 12.3 Å². The lowest BCUT2D eigenvalue weighted by Gasteiger charge is -2.33. The van der Waals surface area contributed by atoms with Crippen molar-refractivity contribution in [3.8, 4) is 0 Å². The third-order valence-electron chi connectivity index (χ3n) is 2.99. The second-order valence-corrected chi connectivity index (χ2v) is 4.39. The second kappa shape index (κ2) is 4.14. The lowest BCUT2D eigenvalue weighted by atomic mass is 9.76. The highest BCUT2D eigenvalue weighted by molar-refractivity contribution is 7.80. The topological polar surface area (TPSA) is 55.1 Å². The van der Waals surface area contributed by atoms with Gasteiger partial charge in [-0.25, -0.2) is 0 Å². The van der Waals surface area contributed by atoms with Crippen molar-refractivity contribution in [1.29, 1.82) is 0 Å². The summed E-state index contributed by atoms with van der Waals surface area (Å²) in [6, 6.07) is 0.148. The molecule has 0 spiro atoms. The molecule has 0 amide bonds. The zero-order chi connectivity index (χ0) is 10.8. The largest absolute Gasteiger partial charge is 0.376 e. The number of rotatable bonds is 1.